The molecular weight excluding hydrogens is 108 g/mol. The lowest BCUT2D eigenvalue weighted by atomic mass is 10.3. The predicted octanol–water partition coefficient (Wildman–Crippen LogP) is -0.0533. The molecule has 0 saturated carbocycles. The summed E-state index contributed by atoms with van der Waals surface area (Å²) in [6, 6.07) is 0. The van der Waals surface area contributed by atoms with Crippen molar-refractivity contribution < 1.29 is 14.3 Å². The molecule has 3 heteroatoms. The molecule has 0 N–H and O–H groups in total. The van der Waals surface area contributed by atoms with Gasteiger partial charge >= 0.3 is 5.97 Å². The molecule has 0 radical (unpaired) electrons. The topological polar surface area (TPSA) is 38.8 Å². The summed E-state index contributed by atoms with van der Waals surface area (Å²) in [5.74, 6) is -0.266. The fraction of sp³-hybridized carbons (Fsp3) is 0.800. The number of methoxy groups -OCH3 is 1. The van der Waals surface area contributed by atoms with Gasteiger partial charge < -0.3 is 9.47 Å². The maximum Gasteiger partial charge on any atom is 0.337 e. The zero-order chi connectivity index (χ0) is 6.15. The van der Waals surface area contributed by atoms with Gasteiger partial charge in [0.05, 0.1) is 13.2 Å². The molecule has 0 aliphatic carbocycles. The fourth-order valence-electron chi connectivity index (χ4n) is 0.549. The molecule has 1 aliphatic heterocycles. The molecular formula is C5H8O3. The summed E-state index contributed by atoms with van der Waals surface area (Å²) in [7, 11) is 1.36. The van der Waals surface area contributed by atoms with Crippen molar-refractivity contribution in [1.82, 2.24) is 0 Å². The summed E-state index contributed by atoms with van der Waals surface area (Å²) >= 11 is 0. The van der Waals surface area contributed by atoms with Crippen LogP contribution in [0.3, 0.4) is 0 Å². The van der Waals surface area contributed by atoms with E-state index in [0.717, 1.165) is 0 Å². The SMILES string of the molecule is COC(=O)[C@@H]1O[C@@H]1C. The van der Waals surface area contributed by atoms with Gasteiger partial charge in [0.25, 0.3) is 0 Å². The standard InChI is InChI=1S/C5H8O3/c1-3-4(8-3)5(6)7-2/h3-4H,1-2H3/t3-,4-/m1/s1. The Morgan fingerprint density at radius 2 is 2.25 bits per heavy atom. The molecule has 2 atom stereocenters. The fourth-order valence-corrected chi connectivity index (χ4v) is 0.549. The Kier molecular flexibility index (Phi) is 1.21. The van der Waals surface area contributed by atoms with Gasteiger partial charge in [-0.25, -0.2) is 4.79 Å². The van der Waals surface area contributed by atoms with E-state index in [2.05, 4.69) is 4.74 Å². The highest BCUT2D eigenvalue weighted by atomic mass is 16.6. The molecule has 0 aromatic rings. The summed E-state index contributed by atoms with van der Waals surface area (Å²) in [4.78, 5) is 10.4. The van der Waals surface area contributed by atoms with Crippen LogP contribution in [-0.4, -0.2) is 25.3 Å². The van der Waals surface area contributed by atoms with Gasteiger partial charge in [-0.2, -0.15) is 0 Å². The molecule has 1 fully saturated rings. The van der Waals surface area contributed by atoms with Gasteiger partial charge in [0, 0.05) is 0 Å². The van der Waals surface area contributed by atoms with Gasteiger partial charge in [-0.3, -0.25) is 0 Å². The van der Waals surface area contributed by atoms with Crippen LogP contribution in [0.15, 0.2) is 0 Å². The van der Waals surface area contributed by atoms with Crippen LogP contribution in [0.2, 0.25) is 0 Å². The van der Waals surface area contributed by atoms with Crippen molar-refractivity contribution in [2.24, 2.45) is 0 Å². The van der Waals surface area contributed by atoms with Gasteiger partial charge in [-0.1, -0.05) is 0 Å². The highest BCUT2D eigenvalue weighted by Gasteiger charge is 2.42. The van der Waals surface area contributed by atoms with Crippen molar-refractivity contribution in [3.05, 3.63) is 0 Å². The molecule has 0 amide bonds. The maximum atomic E-state index is 10.4. The minimum absolute atomic E-state index is 0.0717. The predicted molar refractivity (Wildman–Crippen MR) is 26.4 cm³/mol. The molecule has 0 unspecified atom stereocenters. The van der Waals surface area contributed by atoms with Crippen molar-refractivity contribution in [3.8, 4) is 0 Å². The Bertz CT molecular complexity index is 110. The van der Waals surface area contributed by atoms with E-state index in [0.29, 0.717) is 0 Å². The largest absolute Gasteiger partial charge is 0.467 e. The van der Waals surface area contributed by atoms with Crippen molar-refractivity contribution in [3.63, 3.8) is 0 Å². The summed E-state index contributed by atoms with van der Waals surface area (Å²) < 4.78 is 9.18. The molecule has 46 valence electrons. The van der Waals surface area contributed by atoms with Crippen LogP contribution in [0.4, 0.5) is 0 Å². The molecule has 0 spiro atoms. The van der Waals surface area contributed by atoms with Crippen LogP contribution < -0.4 is 0 Å². The number of epoxide rings is 1. The van der Waals surface area contributed by atoms with Crippen molar-refractivity contribution in [1.29, 1.82) is 0 Å². The number of hydrogen-bond donors (Lipinski definition) is 0. The number of hydrogen-bond acceptors (Lipinski definition) is 3. The summed E-state index contributed by atoms with van der Waals surface area (Å²) in [5.41, 5.74) is 0. The van der Waals surface area contributed by atoms with E-state index in [1.165, 1.54) is 7.11 Å². The smallest absolute Gasteiger partial charge is 0.337 e. The molecule has 1 heterocycles. The van der Waals surface area contributed by atoms with Crippen LogP contribution >= 0.6 is 0 Å². The van der Waals surface area contributed by atoms with Gasteiger partial charge in [-0.05, 0) is 6.92 Å². The quantitative estimate of drug-likeness (QED) is 0.356. The second-order valence-corrected chi connectivity index (χ2v) is 1.78. The van der Waals surface area contributed by atoms with Crippen molar-refractivity contribution in [2.45, 2.75) is 19.1 Å². The Hall–Kier alpha value is -0.570. The second-order valence-electron chi connectivity index (χ2n) is 1.78. The van der Waals surface area contributed by atoms with Gasteiger partial charge in [0.15, 0.2) is 6.10 Å². The monoisotopic (exact) mass is 116 g/mol. The lowest BCUT2D eigenvalue weighted by molar-refractivity contribution is -0.142. The second kappa shape index (κ2) is 1.74. The van der Waals surface area contributed by atoms with Crippen LogP contribution in [0, 0.1) is 0 Å². The van der Waals surface area contributed by atoms with E-state index < -0.39 is 0 Å². The third-order valence-electron chi connectivity index (χ3n) is 1.14. The van der Waals surface area contributed by atoms with Crippen LogP contribution in [0.25, 0.3) is 0 Å². The summed E-state index contributed by atoms with van der Waals surface area (Å²) in [5, 5.41) is 0. The number of carbonyl (C=O) groups is 1. The van der Waals surface area contributed by atoms with Gasteiger partial charge in [0.2, 0.25) is 0 Å². The highest BCUT2D eigenvalue weighted by molar-refractivity contribution is 5.77. The molecule has 1 rings (SSSR count). The minimum atomic E-state index is -0.278. The van der Waals surface area contributed by atoms with Gasteiger partial charge in [0.1, 0.15) is 0 Å². The third-order valence-corrected chi connectivity index (χ3v) is 1.14. The zero-order valence-electron chi connectivity index (χ0n) is 4.88. The first-order valence-electron chi connectivity index (χ1n) is 2.49. The van der Waals surface area contributed by atoms with E-state index in [-0.39, 0.29) is 18.2 Å². The molecule has 3 nitrogen and oxygen atoms in total. The maximum absolute atomic E-state index is 10.4. The highest BCUT2D eigenvalue weighted by Crippen LogP contribution is 2.21. The first-order valence-corrected chi connectivity index (χ1v) is 2.49. The van der Waals surface area contributed by atoms with E-state index in [1.807, 2.05) is 6.92 Å². The number of carbonyl (C=O) groups excluding carboxylic acids is 1. The normalized spacial score (nSPS) is 34.2. The molecule has 0 aromatic carbocycles. The van der Waals surface area contributed by atoms with E-state index in [9.17, 15) is 4.79 Å². The van der Waals surface area contributed by atoms with E-state index in [4.69, 9.17) is 4.74 Å². The zero-order valence-corrected chi connectivity index (χ0v) is 4.88. The lowest BCUT2D eigenvalue weighted by Crippen LogP contribution is -2.09. The Labute approximate surface area is 47.6 Å². The first-order chi connectivity index (χ1) is 3.75. The Morgan fingerprint density at radius 1 is 1.75 bits per heavy atom. The number of esters is 1. The molecule has 0 bridgehead atoms. The minimum Gasteiger partial charge on any atom is -0.467 e. The summed E-state index contributed by atoms with van der Waals surface area (Å²) in [6.45, 7) is 1.83. The van der Waals surface area contributed by atoms with Crippen LogP contribution in [0.1, 0.15) is 6.92 Å². The van der Waals surface area contributed by atoms with Crippen molar-refractivity contribution in [2.75, 3.05) is 7.11 Å². The molecule has 1 aliphatic rings. The first kappa shape index (κ1) is 5.56. The van der Waals surface area contributed by atoms with E-state index in [1.54, 1.807) is 0 Å². The van der Waals surface area contributed by atoms with Crippen molar-refractivity contribution >= 4 is 5.97 Å². The summed E-state index contributed by atoms with van der Waals surface area (Å²) in [6.07, 6.45) is -0.206. The van der Waals surface area contributed by atoms with Gasteiger partial charge in [-0.15, -0.1) is 0 Å². The third kappa shape index (κ3) is 0.816. The number of rotatable bonds is 1. The Balaban J connectivity index is 2.28. The lowest BCUT2D eigenvalue weighted by Gasteiger charge is -1.88. The molecule has 0 aromatic heterocycles. The molecule has 8 heavy (non-hydrogen) atoms. The molecule has 1 saturated heterocycles. The van der Waals surface area contributed by atoms with E-state index >= 15 is 0 Å². The average Bonchev–Trinajstić information content (AvgIpc) is 2.45. The average molecular weight is 116 g/mol. The Morgan fingerprint density at radius 3 is 2.38 bits per heavy atom. The van der Waals surface area contributed by atoms with Crippen LogP contribution in [0.5, 0.6) is 0 Å². The number of ether oxygens (including phenoxy) is 2. The van der Waals surface area contributed by atoms with Crippen LogP contribution in [-0.2, 0) is 14.3 Å².